The topological polar surface area (TPSA) is 74.9 Å². The van der Waals surface area contributed by atoms with Crippen molar-refractivity contribution in [1.29, 1.82) is 0 Å². The second-order valence-electron chi connectivity index (χ2n) is 8.68. The maximum absolute atomic E-state index is 6.13. The van der Waals surface area contributed by atoms with Crippen molar-refractivity contribution in [3.8, 4) is 0 Å². The van der Waals surface area contributed by atoms with E-state index in [1.807, 2.05) is 6.07 Å². The van der Waals surface area contributed by atoms with Crippen LogP contribution in [0.2, 0.25) is 0 Å². The summed E-state index contributed by atoms with van der Waals surface area (Å²) >= 11 is 0. The number of guanidine groups is 1. The van der Waals surface area contributed by atoms with Crippen LogP contribution in [0.4, 0.5) is 0 Å². The van der Waals surface area contributed by atoms with Gasteiger partial charge in [0.2, 0.25) is 0 Å². The van der Waals surface area contributed by atoms with Gasteiger partial charge in [0.1, 0.15) is 6.54 Å². The van der Waals surface area contributed by atoms with Crippen molar-refractivity contribution in [3.63, 3.8) is 0 Å². The fraction of sp³-hybridized carbons (Fsp3) is 0.600. The third-order valence-corrected chi connectivity index (χ3v) is 5.66. The van der Waals surface area contributed by atoms with Crippen LogP contribution < -0.4 is 10.6 Å². The molecule has 0 amide bonds. The van der Waals surface area contributed by atoms with Crippen molar-refractivity contribution in [2.45, 2.75) is 65.1 Å². The minimum atomic E-state index is 0.360. The Bertz CT molecular complexity index is 798. The summed E-state index contributed by atoms with van der Waals surface area (Å²) in [5, 5.41) is 10.8. The maximum atomic E-state index is 6.13. The summed E-state index contributed by atoms with van der Waals surface area (Å²) in [6, 6.07) is 12.7. The molecular weight excluding hydrogens is 402 g/mol. The molecular formula is C25H39N5O2. The zero-order valence-electron chi connectivity index (χ0n) is 19.8. The first-order chi connectivity index (χ1) is 15.6. The highest BCUT2D eigenvalue weighted by molar-refractivity contribution is 5.79. The van der Waals surface area contributed by atoms with Crippen LogP contribution in [0.15, 0.2) is 45.9 Å². The third-order valence-electron chi connectivity index (χ3n) is 5.66. The first-order valence-electron chi connectivity index (χ1n) is 12.0. The number of hydrogen-bond acceptors (Lipinski definition) is 5. The van der Waals surface area contributed by atoms with E-state index < -0.39 is 0 Å². The van der Waals surface area contributed by atoms with Crippen LogP contribution in [-0.2, 0) is 17.8 Å². The van der Waals surface area contributed by atoms with E-state index in [1.165, 1.54) is 5.56 Å². The van der Waals surface area contributed by atoms with Crippen molar-refractivity contribution < 1.29 is 9.26 Å². The van der Waals surface area contributed by atoms with Crippen LogP contribution >= 0.6 is 0 Å². The molecule has 0 unspecified atom stereocenters. The molecule has 1 fully saturated rings. The zero-order chi connectivity index (χ0) is 22.6. The predicted octanol–water partition coefficient (Wildman–Crippen LogP) is 3.92. The molecule has 0 radical (unpaired) electrons. The standard InChI is InChI=1S/C25H39N5O2/c1-4-26-25(28-18-23-17-24(20(2)3)29-32-23)27-13-8-16-31-22-11-14-30(15-12-22)19-21-9-6-5-7-10-21/h5-7,9-10,17,20,22H,4,8,11-16,18-19H2,1-3H3,(H2,26,27,28). The number of aliphatic imine (C=N–C) groups is 1. The first-order valence-corrected chi connectivity index (χ1v) is 12.0. The molecule has 176 valence electrons. The number of benzene rings is 1. The van der Waals surface area contributed by atoms with Gasteiger partial charge in [0.15, 0.2) is 11.7 Å². The molecule has 7 nitrogen and oxygen atoms in total. The van der Waals surface area contributed by atoms with E-state index in [1.54, 1.807) is 0 Å². The van der Waals surface area contributed by atoms with E-state index in [0.717, 1.165) is 76.0 Å². The summed E-state index contributed by atoms with van der Waals surface area (Å²) in [6.45, 7) is 12.4. The third kappa shape index (κ3) is 8.28. The Morgan fingerprint density at radius 1 is 1.22 bits per heavy atom. The van der Waals surface area contributed by atoms with E-state index in [2.05, 4.69) is 76.8 Å². The highest BCUT2D eigenvalue weighted by Gasteiger charge is 2.19. The number of rotatable bonds is 11. The number of piperidine rings is 1. The fourth-order valence-electron chi connectivity index (χ4n) is 3.78. The maximum Gasteiger partial charge on any atom is 0.191 e. The molecule has 1 saturated heterocycles. The molecule has 7 heteroatoms. The van der Waals surface area contributed by atoms with E-state index in [0.29, 0.717) is 18.6 Å². The molecule has 0 aliphatic carbocycles. The summed E-state index contributed by atoms with van der Waals surface area (Å²) in [7, 11) is 0. The van der Waals surface area contributed by atoms with Crippen molar-refractivity contribution in [2.24, 2.45) is 4.99 Å². The predicted molar refractivity (Wildman–Crippen MR) is 129 cm³/mol. The number of nitrogens with one attached hydrogen (secondary N) is 2. The smallest absolute Gasteiger partial charge is 0.191 e. The molecule has 2 heterocycles. The number of ether oxygens (including phenoxy) is 1. The van der Waals surface area contributed by atoms with Crippen LogP contribution in [0, 0.1) is 0 Å². The van der Waals surface area contributed by atoms with Crippen molar-refractivity contribution in [1.82, 2.24) is 20.7 Å². The quantitative estimate of drug-likeness (QED) is 0.313. The Balaban J connectivity index is 1.29. The van der Waals surface area contributed by atoms with Gasteiger partial charge in [-0.15, -0.1) is 0 Å². The van der Waals surface area contributed by atoms with Crippen LogP contribution in [0.25, 0.3) is 0 Å². The highest BCUT2D eigenvalue weighted by Crippen LogP contribution is 2.16. The molecule has 2 N–H and O–H groups in total. The number of aromatic nitrogens is 1. The molecule has 0 bridgehead atoms. The van der Waals surface area contributed by atoms with Crippen molar-refractivity contribution in [3.05, 3.63) is 53.4 Å². The van der Waals surface area contributed by atoms with Crippen LogP contribution in [-0.4, -0.2) is 54.9 Å². The molecule has 3 rings (SSSR count). The second kappa shape index (κ2) is 13.2. The second-order valence-corrected chi connectivity index (χ2v) is 8.68. The molecule has 0 saturated carbocycles. The Kier molecular flexibility index (Phi) is 10.0. The molecule has 1 aliphatic heterocycles. The molecule has 32 heavy (non-hydrogen) atoms. The SMILES string of the molecule is CCNC(=NCc1cc(C(C)C)no1)NCCCOC1CCN(Cc2ccccc2)CC1. The number of hydrogen-bond donors (Lipinski definition) is 2. The van der Waals surface area contributed by atoms with Crippen molar-refractivity contribution in [2.75, 3.05) is 32.8 Å². The van der Waals surface area contributed by atoms with E-state index in [4.69, 9.17) is 9.26 Å². The van der Waals surface area contributed by atoms with E-state index >= 15 is 0 Å². The van der Waals surface area contributed by atoms with Gasteiger partial charge in [-0.25, -0.2) is 4.99 Å². The average Bonchev–Trinajstić information content (AvgIpc) is 3.28. The molecule has 0 atom stereocenters. The Morgan fingerprint density at radius 3 is 2.69 bits per heavy atom. The van der Waals surface area contributed by atoms with E-state index in [9.17, 15) is 0 Å². The van der Waals surface area contributed by atoms with Gasteiger partial charge < -0.3 is 19.9 Å². The van der Waals surface area contributed by atoms with Gasteiger partial charge in [0.25, 0.3) is 0 Å². The van der Waals surface area contributed by atoms with Gasteiger partial charge in [0, 0.05) is 45.4 Å². The lowest BCUT2D eigenvalue weighted by atomic mass is 10.1. The van der Waals surface area contributed by atoms with Crippen molar-refractivity contribution >= 4 is 5.96 Å². The Labute approximate surface area is 192 Å². The summed E-state index contributed by atoms with van der Waals surface area (Å²) in [4.78, 5) is 7.12. The Hall–Kier alpha value is -2.38. The van der Waals surface area contributed by atoms with Gasteiger partial charge in [-0.1, -0.05) is 49.3 Å². The number of nitrogens with zero attached hydrogens (tertiary/aromatic N) is 3. The van der Waals surface area contributed by atoms with Gasteiger partial charge in [-0.05, 0) is 37.7 Å². The van der Waals surface area contributed by atoms with E-state index in [-0.39, 0.29) is 0 Å². The van der Waals surface area contributed by atoms with Crippen LogP contribution in [0.1, 0.15) is 63.0 Å². The van der Waals surface area contributed by atoms with Gasteiger partial charge in [0.05, 0.1) is 11.8 Å². The highest BCUT2D eigenvalue weighted by atomic mass is 16.5. The minimum Gasteiger partial charge on any atom is -0.378 e. The first kappa shape index (κ1) is 24.3. The summed E-state index contributed by atoms with van der Waals surface area (Å²) < 4.78 is 11.5. The molecule has 1 aromatic carbocycles. The van der Waals surface area contributed by atoms with Gasteiger partial charge >= 0.3 is 0 Å². The van der Waals surface area contributed by atoms with Crippen LogP contribution in [0.5, 0.6) is 0 Å². The summed E-state index contributed by atoms with van der Waals surface area (Å²) in [6.07, 6.45) is 3.55. The summed E-state index contributed by atoms with van der Waals surface area (Å²) in [5.74, 6) is 1.94. The molecule has 2 aromatic rings. The molecule has 1 aliphatic rings. The lowest BCUT2D eigenvalue weighted by Crippen LogP contribution is -2.38. The fourth-order valence-corrected chi connectivity index (χ4v) is 3.78. The number of likely N-dealkylation sites (tertiary alicyclic amines) is 1. The summed E-state index contributed by atoms with van der Waals surface area (Å²) in [5.41, 5.74) is 2.36. The lowest BCUT2D eigenvalue weighted by molar-refractivity contribution is 0.00534. The van der Waals surface area contributed by atoms with Crippen LogP contribution in [0.3, 0.4) is 0 Å². The van der Waals surface area contributed by atoms with Gasteiger partial charge in [-0.3, -0.25) is 4.90 Å². The van der Waals surface area contributed by atoms with Gasteiger partial charge in [-0.2, -0.15) is 0 Å². The monoisotopic (exact) mass is 441 g/mol. The zero-order valence-corrected chi connectivity index (χ0v) is 19.8. The minimum absolute atomic E-state index is 0.360. The largest absolute Gasteiger partial charge is 0.378 e. The lowest BCUT2D eigenvalue weighted by Gasteiger charge is -2.32. The average molecular weight is 442 g/mol. The molecule has 0 spiro atoms. The normalized spacial score (nSPS) is 15.9. The molecule has 1 aromatic heterocycles. The Morgan fingerprint density at radius 2 is 2.00 bits per heavy atom.